The minimum atomic E-state index is 0.204. The highest BCUT2D eigenvalue weighted by molar-refractivity contribution is 7.20. The molecule has 0 aliphatic carbocycles. The molecule has 0 atom stereocenters. The van der Waals surface area contributed by atoms with Crippen LogP contribution >= 0.6 is 11.3 Å². The van der Waals surface area contributed by atoms with Gasteiger partial charge in [-0.25, -0.2) is 4.98 Å². The molecular formula is C10H9NO2S. The molecule has 1 aliphatic rings. The predicted octanol–water partition coefficient (Wildman–Crippen LogP) is 2.07. The summed E-state index contributed by atoms with van der Waals surface area (Å²) < 4.78 is 11.8. The summed E-state index contributed by atoms with van der Waals surface area (Å²) in [5.41, 5.74) is 1.01. The molecule has 3 nitrogen and oxygen atoms in total. The van der Waals surface area contributed by atoms with E-state index < -0.39 is 0 Å². The average molecular weight is 207 g/mol. The van der Waals surface area contributed by atoms with E-state index >= 15 is 0 Å². The lowest BCUT2D eigenvalue weighted by molar-refractivity contribution is -0.0796. The van der Waals surface area contributed by atoms with E-state index in [1.165, 1.54) is 4.70 Å². The Morgan fingerprint density at radius 3 is 2.93 bits per heavy atom. The third-order valence-electron chi connectivity index (χ3n) is 2.15. The largest absolute Gasteiger partial charge is 0.462 e. The van der Waals surface area contributed by atoms with Gasteiger partial charge in [-0.05, 0) is 12.1 Å². The summed E-state index contributed by atoms with van der Waals surface area (Å²) in [6.45, 7) is 1.38. The van der Waals surface area contributed by atoms with Crippen LogP contribution in [0.15, 0.2) is 24.3 Å². The van der Waals surface area contributed by atoms with Gasteiger partial charge in [-0.3, -0.25) is 0 Å². The SMILES string of the molecule is c1ccc2sc(OC3COC3)nc2c1. The minimum Gasteiger partial charge on any atom is -0.462 e. The van der Waals surface area contributed by atoms with E-state index in [0.717, 1.165) is 10.7 Å². The maximum absolute atomic E-state index is 5.62. The topological polar surface area (TPSA) is 31.4 Å². The second kappa shape index (κ2) is 3.22. The summed E-state index contributed by atoms with van der Waals surface area (Å²) in [6.07, 6.45) is 0.204. The highest BCUT2D eigenvalue weighted by atomic mass is 32.1. The van der Waals surface area contributed by atoms with Crippen LogP contribution in [-0.4, -0.2) is 24.3 Å². The molecule has 1 aromatic heterocycles. The summed E-state index contributed by atoms with van der Waals surface area (Å²) in [6, 6.07) is 8.04. The molecule has 0 radical (unpaired) electrons. The van der Waals surface area contributed by atoms with Crippen LogP contribution in [0.3, 0.4) is 0 Å². The van der Waals surface area contributed by atoms with Crippen molar-refractivity contribution in [2.24, 2.45) is 0 Å². The number of hydrogen-bond acceptors (Lipinski definition) is 4. The van der Waals surface area contributed by atoms with Gasteiger partial charge in [0.1, 0.15) is 6.10 Å². The van der Waals surface area contributed by atoms with Crippen molar-refractivity contribution in [3.63, 3.8) is 0 Å². The van der Waals surface area contributed by atoms with Gasteiger partial charge in [0.2, 0.25) is 0 Å². The van der Waals surface area contributed by atoms with E-state index in [0.29, 0.717) is 13.2 Å². The monoisotopic (exact) mass is 207 g/mol. The molecule has 0 N–H and O–H groups in total. The molecule has 0 spiro atoms. The second-order valence-electron chi connectivity index (χ2n) is 3.22. The molecule has 1 aliphatic heterocycles. The summed E-state index contributed by atoms with van der Waals surface area (Å²) in [5.74, 6) is 0. The highest BCUT2D eigenvalue weighted by Gasteiger charge is 2.21. The molecule has 2 aromatic rings. The summed E-state index contributed by atoms with van der Waals surface area (Å²) in [5, 5.41) is 0.750. The zero-order valence-electron chi connectivity index (χ0n) is 7.47. The number of fused-ring (bicyclic) bond motifs is 1. The van der Waals surface area contributed by atoms with Gasteiger partial charge in [0.25, 0.3) is 5.19 Å². The van der Waals surface area contributed by atoms with Crippen molar-refractivity contribution in [3.8, 4) is 5.19 Å². The van der Waals surface area contributed by atoms with Crippen LogP contribution in [0.25, 0.3) is 10.2 Å². The first-order chi connectivity index (χ1) is 6.92. The third kappa shape index (κ3) is 1.36. The van der Waals surface area contributed by atoms with Gasteiger partial charge in [0, 0.05) is 0 Å². The maximum Gasteiger partial charge on any atom is 0.274 e. The third-order valence-corrected chi connectivity index (χ3v) is 3.08. The minimum absolute atomic E-state index is 0.204. The number of para-hydroxylation sites is 1. The van der Waals surface area contributed by atoms with Gasteiger partial charge in [0.15, 0.2) is 0 Å². The number of thiazole rings is 1. The van der Waals surface area contributed by atoms with Gasteiger partial charge in [0.05, 0.1) is 23.4 Å². The second-order valence-corrected chi connectivity index (χ2v) is 4.22. The first-order valence-corrected chi connectivity index (χ1v) is 5.33. The Kier molecular flexibility index (Phi) is 1.89. The van der Waals surface area contributed by atoms with Crippen molar-refractivity contribution in [1.29, 1.82) is 0 Å². The number of hydrogen-bond donors (Lipinski definition) is 0. The highest BCUT2D eigenvalue weighted by Crippen LogP contribution is 2.28. The Labute approximate surface area is 85.3 Å². The predicted molar refractivity (Wildman–Crippen MR) is 54.9 cm³/mol. The summed E-state index contributed by atoms with van der Waals surface area (Å²) in [4.78, 5) is 4.38. The van der Waals surface area contributed by atoms with E-state index in [2.05, 4.69) is 11.1 Å². The molecule has 4 heteroatoms. The van der Waals surface area contributed by atoms with E-state index in [1.54, 1.807) is 11.3 Å². The van der Waals surface area contributed by atoms with E-state index in [1.807, 2.05) is 18.2 Å². The van der Waals surface area contributed by atoms with E-state index in [9.17, 15) is 0 Å². The number of benzene rings is 1. The Morgan fingerprint density at radius 2 is 2.21 bits per heavy atom. The molecule has 0 saturated carbocycles. The van der Waals surface area contributed by atoms with Gasteiger partial charge >= 0.3 is 0 Å². The Hall–Kier alpha value is -1.13. The van der Waals surface area contributed by atoms with Crippen molar-refractivity contribution in [1.82, 2.24) is 4.98 Å². The Balaban J connectivity index is 1.89. The lowest BCUT2D eigenvalue weighted by atomic mass is 10.3. The van der Waals surface area contributed by atoms with Crippen molar-refractivity contribution < 1.29 is 9.47 Å². The van der Waals surface area contributed by atoms with Crippen LogP contribution in [0.4, 0.5) is 0 Å². The fraction of sp³-hybridized carbons (Fsp3) is 0.300. The zero-order valence-corrected chi connectivity index (χ0v) is 8.29. The number of aromatic nitrogens is 1. The van der Waals surface area contributed by atoms with Crippen LogP contribution in [0.5, 0.6) is 5.19 Å². The van der Waals surface area contributed by atoms with E-state index in [-0.39, 0.29) is 6.10 Å². The molecule has 1 saturated heterocycles. The fourth-order valence-corrected chi connectivity index (χ4v) is 2.21. The first-order valence-electron chi connectivity index (χ1n) is 4.52. The molecule has 14 heavy (non-hydrogen) atoms. The summed E-state index contributed by atoms with van der Waals surface area (Å²) >= 11 is 1.59. The number of nitrogens with zero attached hydrogens (tertiary/aromatic N) is 1. The quantitative estimate of drug-likeness (QED) is 0.755. The molecular weight excluding hydrogens is 198 g/mol. The normalized spacial score (nSPS) is 16.9. The molecule has 2 heterocycles. The Bertz CT molecular complexity index is 417. The van der Waals surface area contributed by atoms with Crippen molar-refractivity contribution >= 4 is 21.6 Å². The standard InChI is InChI=1S/C10H9NO2S/c1-2-4-9-8(3-1)11-10(14-9)13-7-5-12-6-7/h1-4,7H,5-6H2. The van der Waals surface area contributed by atoms with Crippen LogP contribution < -0.4 is 4.74 Å². The lowest BCUT2D eigenvalue weighted by Gasteiger charge is -2.25. The molecule has 0 unspecified atom stereocenters. The van der Waals surface area contributed by atoms with Gasteiger partial charge < -0.3 is 9.47 Å². The number of rotatable bonds is 2. The first kappa shape index (κ1) is 8.20. The molecule has 72 valence electrons. The molecule has 1 fully saturated rings. The van der Waals surface area contributed by atoms with Gasteiger partial charge in [-0.2, -0.15) is 0 Å². The summed E-state index contributed by atoms with van der Waals surface area (Å²) in [7, 11) is 0. The maximum atomic E-state index is 5.62. The van der Waals surface area contributed by atoms with Crippen LogP contribution in [0, 0.1) is 0 Å². The van der Waals surface area contributed by atoms with Crippen LogP contribution in [0.1, 0.15) is 0 Å². The zero-order chi connectivity index (χ0) is 9.38. The van der Waals surface area contributed by atoms with Gasteiger partial charge in [-0.15, -0.1) is 0 Å². The lowest BCUT2D eigenvalue weighted by Crippen LogP contribution is -2.38. The number of ether oxygens (including phenoxy) is 2. The molecule has 1 aromatic carbocycles. The van der Waals surface area contributed by atoms with Crippen LogP contribution in [0.2, 0.25) is 0 Å². The van der Waals surface area contributed by atoms with Crippen LogP contribution in [-0.2, 0) is 4.74 Å². The Morgan fingerprint density at radius 1 is 1.36 bits per heavy atom. The smallest absolute Gasteiger partial charge is 0.274 e. The fourth-order valence-electron chi connectivity index (χ4n) is 1.33. The van der Waals surface area contributed by atoms with Gasteiger partial charge in [-0.1, -0.05) is 23.5 Å². The van der Waals surface area contributed by atoms with Crippen molar-refractivity contribution in [2.75, 3.05) is 13.2 Å². The van der Waals surface area contributed by atoms with Crippen molar-refractivity contribution in [3.05, 3.63) is 24.3 Å². The molecule has 0 bridgehead atoms. The molecule has 0 amide bonds. The average Bonchev–Trinajstić information content (AvgIpc) is 2.53. The van der Waals surface area contributed by atoms with Crippen molar-refractivity contribution in [2.45, 2.75) is 6.10 Å². The van der Waals surface area contributed by atoms with E-state index in [4.69, 9.17) is 9.47 Å². The molecule has 3 rings (SSSR count).